The summed E-state index contributed by atoms with van der Waals surface area (Å²) in [5.41, 5.74) is 1.82. The summed E-state index contributed by atoms with van der Waals surface area (Å²) < 4.78 is 10.7. The fraction of sp³-hybridized carbons (Fsp3) is 0.409. The summed E-state index contributed by atoms with van der Waals surface area (Å²) in [6, 6.07) is 15.5. The molecule has 1 heterocycles. The SMILES string of the molecule is COc1cc(OCCCC(=O)O)cc(C(O)C2(c3ccccc3)SCCCS2)c1. The number of benzene rings is 2. The van der Waals surface area contributed by atoms with Gasteiger partial charge in [0.2, 0.25) is 0 Å². The number of thioether (sulfide) groups is 2. The van der Waals surface area contributed by atoms with Crippen molar-refractivity contribution in [3.8, 4) is 11.5 Å². The normalized spacial score (nSPS) is 16.8. The molecule has 3 rings (SSSR count). The molecule has 0 aliphatic carbocycles. The number of aliphatic hydroxyl groups is 1. The molecule has 156 valence electrons. The summed E-state index contributed by atoms with van der Waals surface area (Å²) in [4.78, 5) is 10.7. The number of ether oxygens (including phenoxy) is 2. The van der Waals surface area contributed by atoms with Crippen molar-refractivity contribution in [2.24, 2.45) is 0 Å². The van der Waals surface area contributed by atoms with E-state index in [4.69, 9.17) is 14.6 Å². The first kappa shape index (κ1) is 21.9. The maximum atomic E-state index is 11.5. The van der Waals surface area contributed by atoms with Gasteiger partial charge in [0.25, 0.3) is 0 Å². The van der Waals surface area contributed by atoms with Crippen LogP contribution in [-0.2, 0) is 8.87 Å². The molecular formula is C22H26O5S2. The van der Waals surface area contributed by atoms with Gasteiger partial charge in [-0.1, -0.05) is 30.3 Å². The third-order valence-electron chi connectivity index (χ3n) is 4.72. The molecule has 0 saturated carbocycles. The zero-order valence-corrected chi connectivity index (χ0v) is 18.0. The van der Waals surface area contributed by atoms with E-state index in [0.717, 1.165) is 29.1 Å². The Morgan fingerprint density at radius 2 is 1.83 bits per heavy atom. The molecule has 7 heteroatoms. The highest BCUT2D eigenvalue weighted by Crippen LogP contribution is 2.57. The number of carboxylic acid groups (broad SMARTS) is 1. The summed E-state index contributed by atoms with van der Waals surface area (Å²) in [5, 5.41) is 20.3. The number of methoxy groups -OCH3 is 1. The molecule has 0 bridgehead atoms. The van der Waals surface area contributed by atoms with Crippen LogP contribution in [0.25, 0.3) is 0 Å². The van der Waals surface area contributed by atoms with E-state index in [1.165, 1.54) is 0 Å². The number of hydrogen-bond donors (Lipinski definition) is 2. The van der Waals surface area contributed by atoms with Crippen LogP contribution in [0.1, 0.15) is 36.5 Å². The lowest BCUT2D eigenvalue weighted by Gasteiger charge is -2.40. The smallest absolute Gasteiger partial charge is 0.303 e. The van der Waals surface area contributed by atoms with Crippen LogP contribution >= 0.6 is 23.5 Å². The topological polar surface area (TPSA) is 76.0 Å². The molecule has 0 amide bonds. The average molecular weight is 435 g/mol. The largest absolute Gasteiger partial charge is 0.497 e. The van der Waals surface area contributed by atoms with Crippen LogP contribution in [-0.4, -0.2) is 41.4 Å². The maximum Gasteiger partial charge on any atom is 0.303 e. The summed E-state index contributed by atoms with van der Waals surface area (Å²) in [7, 11) is 1.58. The standard InChI is InChI=1S/C22H26O5S2/c1-26-18-13-16(14-19(15-18)27-10-5-9-20(23)24)21(25)22(28-11-6-12-29-22)17-7-3-2-4-8-17/h2-4,7-8,13-15,21,25H,5-6,9-12H2,1H3,(H,23,24). The van der Waals surface area contributed by atoms with Crippen LogP contribution in [0.15, 0.2) is 48.5 Å². The third-order valence-corrected chi connectivity index (χ3v) is 8.18. The minimum Gasteiger partial charge on any atom is -0.497 e. The van der Waals surface area contributed by atoms with Crippen LogP contribution in [0.2, 0.25) is 0 Å². The highest BCUT2D eigenvalue weighted by Gasteiger charge is 2.43. The van der Waals surface area contributed by atoms with Crippen LogP contribution in [0.4, 0.5) is 0 Å². The van der Waals surface area contributed by atoms with Gasteiger partial charge in [0.15, 0.2) is 0 Å². The Labute approximate surface area is 179 Å². The fourth-order valence-electron chi connectivity index (χ4n) is 3.29. The number of aliphatic carboxylic acids is 1. The minimum atomic E-state index is -0.841. The predicted octanol–water partition coefficient (Wildman–Crippen LogP) is 4.70. The van der Waals surface area contributed by atoms with Gasteiger partial charge in [0.1, 0.15) is 21.7 Å². The van der Waals surface area contributed by atoms with Crippen molar-refractivity contribution in [2.45, 2.75) is 29.4 Å². The van der Waals surface area contributed by atoms with Gasteiger partial charge in [0.05, 0.1) is 13.7 Å². The molecule has 1 atom stereocenters. The lowest BCUT2D eigenvalue weighted by molar-refractivity contribution is -0.137. The van der Waals surface area contributed by atoms with Crippen LogP contribution < -0.4 is 9.47 Å². The summed E-state index contributed by atoms with van der Waals surface area (Å²) in [6.07, 6.45) is 0.845. The van der Waals surface area contributed by atoms with E-state index < -0.39 is 16.2 Å². The van der Waals surface area contributed by atoms with Crippen molar-refractivity contribution in [3.05, 3.63) is 59.7 Å². The van der Waals surface area contributed by atoms with Crippen LogP contribution in [0.5, 0.6) is 11.5 Å². The Kier molecular flexibility index (Phi) is 7.75. The van der Waals surface area contributed by atoms with Crippen molar-refractivity contribution in [1.82, 2.24) is 0 Å². The molecule has 1 fully saturated rings. The maximum absolute atomic E-state index is 11.5. The van der Waals surface area contributed by atoms with Gasteiger partial charge in [-0.15, -0.1) is 23.5 Å². The number of aliphatic hydroxyl groups excluding tert-OH is 1. The number of carbonyl (C=O) groups is 1. The van der Waals surface area contributed by atoms with E-state index in [1.54, 1.807) is 36.7 Å². The zero-order valence-electron chi connectivity index (χ0n) is 16.4. The van der Waals surface area contributed by atoms with Gasteiger partial charge in [-0.2, -0.15) is 0 Å². The first-order chi connectivity index (χ1) is 14.0. The van der Waals surface area contributed by atoms with E-state index >= 15 is 0 Å². The Morgan fingerprint density at radius 3 is 2.48 bits per heavy atom. The second-order valence-corrected chi connectivity index (χ2v) is 9.71. The highest BCUT2D eigenvalue weighted by atomic mass is 32.2. The van der Waals surface area contributed by atoms with Gasteiger partial charge in [-0.25, -0.2) is 0 Å². The summed E-state index contributed by atoms with van der Waals surface area (Å²) in [5.74, 6) is 2.30. The van der Waals surface area contributed by atoms with Crippen LogP contribution in [0.3, 0.4) is 0 Å². The molecule has 0 radical (unpaired) electrons. The third kappa shape index (κ3) is 5.41. The average Bonchev–Trinajstić information content (AvgIpc) is 2.77. The lowest BCUT2D eigenvalue weighted by Crippen LogP contribution is -2.30. The van der Waals surface area contributed by atoms with Gasteiger partial charge in [0, 0.05) is 12.5 Å². The van der Waals surface area contributed by atoms with Gasteiger partial charge >= 0.3 is 5.97 Å². The number of rotatable bonds is 9. The molecule has 2 N–H and O–H groups in total. The quantitative estimate of drug-likeness (QED) is 0.554. The fourth-order valence-corrected chi connectivity index (χ4v) is 6.68. The van der Waals surface area contributed by atoms with Crippen molar-refractivity contribution in [3.63, 3.8) is 0 Å². The second-order valence-electron chi connectivity index (χ2n) is 6.77. The Morgan fingerprint density at radius 1 is 1.14 bits per heavy atom. The van der Waals surface area contributed by atoms with Gasteiger partial charge < -0.3 is 19.7 Å². The van der Waals surface area contributed by atoms with E-state index in [-0.39, 0.29) is 6.42 Å². The molecule has 29 heavy (non-hydrogen) atoms. The summed E-state index contributed by atoms with van der Waals surface area (Å²) in [6.45, 7) is 0.294. The van der Waals surface area contributed by atoms with Crippen LogP contribution in [0, 0.1) is 0 Å². The van der Waals surface area contributed by atoms with E-state index in [1.807, 2.05) is 30.3 Å². The molecule has 1 aliphatic rings. The van der Waals surface area contributed by atoms with Gasteiger partial charge in [-0.3, -0.25) is 4.79 Å². The van der Waals surface area contributed by atoms with Crippen molar-refractivity contribution in [2.75, 3.05) is 25.2 Å². The lowest BCUT2D eigenvalue weighted by atomic mass is 9.99. The molecule has 0 aromatic heterocycles. The first-order valence-electron chi connectivity index (χ1n) is 9.60. The summed E-state index contributed by atoms with van der Waals surface area (Å²) >= 11 is 3.55. The van der Waals surface area contributed by atoms with E-state index in [9.17, 15) is 9.90 Å². The van der Waals surface area contributed by atoms with E-state index in [0.29, 0.717) is 24.5 Å². The van der Waals surface area contributed by atoms with Crippen molar-refractivity contribution >= 4 is 29.5 Å². The van der Waals surface area contributed by atoms with Gasteiger partial charge in [-0.05, 0) is 47.6 Å². The Hall–Kier alpha value is -1.83. The molecule has 5 nitrogen and oxygen atoms in total. The molecular weight excluding hydrogens is 408 g/mol. The first-order valence-corrected chi connectivity index (χ1v) is 11.6. The highest BCUT2D eigenvalue weighted by molar-refractivity contribution is 8.18. The van der Waals surface area contributed by atoms with Crippen molar-refractivity contribution in [1.29, 1.82) is 0 Å². The molecule has 1 aliphatic heterocycles. The number of carboxylic acids is 1. The second kappa shape index (κ2) is 10.3. The monoisotopic (exact) mass is 434 g/mol. The Balaban J connectivity index is 1.88. The molecule has 1 saturated heterocycles. The molecule has 2 aromatic rings. The Bertz CT molecular complexity index is 806. The predicted molar refractivity (Wildman–Crippen MR) is 118 cm³/mol. The minimum absolute atomic E-state index is 0.0594. The zero-order chi connectivity index (χ0) is 20.7. The number of hydrogen-bond acceptors (Lipinski definition) is 6. The molecule has 0 spiro atoms. The van der Waals surface area contributed by atoms with E-state index in [2.05, 4.69) is 12.1 Å². The molecule has 1 unspecified atom stereocenters. The molecule has 2 aromatic carbocycles. The van der Waals surface area contributed by atoms with Crippen molar-refractivity contribution < 1.29 is 24.5 Å².